The van der Waals surface area contributed by atoms with Crippen LogP contribution in [0, 0.1) is 0 Å². The van der Waals surface area contributed by atoms with E-state index in [9.17, 15) is 4.79 Å². The molecule has 0 aliphatic carbocycles. The third kappa shape index (κ3) is 4.93. The predicted octanol–water partition coefficient (Wildman–Crippen LogP) is 6.62. The van der Waals surface area contributed by atoms with E-state index in [4.69, 9.17) is 14.7 Å². The molecule has 0 radical (unpaired) electrons. The second-order valence-electron chi connectivity index (χ2n) is 9.40. The van der Waals surface area contributed by atoms with Gasteiger partial charge in [0.2, 0.25) is 0 Å². The maximum atomic E-state index is 11.6. The zero-order valence-electron chi connectivity index (χ0n) is 21.2. The molecule has 4 aromatic carbocycles. The molecular weight excluding hydrogens is 472 g/mol. The largest absolute Gasteiger partial charge is 0.457 e. The fourth-order valence-corrected chi connectivity index (χ4v) is 4.81. The number of hydrogen-bond acceptors (Lipinski definition) is 6. The fraction of sp³-hybridized carbons (Fsp3) is 0.156. The van der Waals surface area contributed by atoms with Gasteiger partial charge in [-0.25, -0.2) is 9.97 Å². The summed E-state index contributed by atoms with van der Waals surface area (Å²) in [5, 5.41) is 1.06. The first-order valence-electron chi connectivity index (χ1n) is 12.8. The Morgan fingerprint density at radius 3 is 2.03 bits per heavy atom. The molecule has 0 atom stereocenters. The molecule has 0 spiro atoms. The molecule has 6 rings (SSSR count). The van der Waals surface area contributed by atoms with Crippen molar-refractivity contribution >= 4 is 28.2 Å². The number of aromatic nitrogens is 2. The summed E-state index contributed by atoms with van der Waals surface area (Å²) in [6.45, 7) is 5.04. The average molecular weight is 501 g/mol. The van der Waals surface area contributed by atoms with Gasteiger partial charge < -0.3 is 14.5 Å². The van der Waals surface area contributed by atoms with Crippen LogP contribution in [0.4, 0.5) is 11.5 Å². The first-order chi connectivity index (χ1) is 18.6. The molecule has 1 aromatic heterocycles. The number of Topliss-reactive ketones (excluding diaryl/α,β-unsaturated/α-hetero) is 1. The minimum Gasteiger partial charge on any atom is -0.457 e. The summed E-state index contributed by atoms with van der Waals surface area (Å²) in [6, 6.07) is 33.8. The zero-order valence-corrected chi connectivity index (χ0v) is 21.2. The summed E-state index contributed by atoms with van der Waals surface area (Å²) in [4.78, 5) is 26.3. The lowest BCUT2D eigenvalue weighted by Gasteiger charge is -2.37. The standard InChI is InChI=1S/C32H28N4O2/c1-23(37)24-11-15-26(16-12-24)35-19-21-36(22-20-35)32-29-9-5-6-10-30(29)33-31(34-32)25-13-17-28(18-14-25)38-27-7-3-2-4-8-27/h2-18H,19-22H2,1H3. The SMILES string of the molecule is CC(=O)c1ccc(N2CCN(c3nc(-c4ccc(Oc5ccccc5)cc4)nc4ccccc34)CC2)cc1. The van der Waals surface area contributed by atoms with Gasteiger partial charge in [0.1, 0.15) is 17.3 Å². The molecule has 1 fully saturated rings. The molecule has 0 saturated carbocycles. The molecule has 2 heterocycles. The van der Waals surface area contributed by atoms with E-state index in [2.05, 4.69) is 15.9 Å². The van der Waals surface area contributed by atoms with Gasteiger partial charge in [-0.05, 0) is 79.7 Å². The summed E-state index contributed by atoms with van der Waals surface area (Å²) in [5.74, 6) is 3.33. The Morgan fingerprint density at radius 1 is 0.684 bits per heavy atom. The van der Waals surface area contributed by atoms with Crippen LogP contribution in [0.15, 0.2) is 103 Å². The van der Waals surface area contributed by atoms with Crippen LogP contribution in [0.25, 0.3) is 22.3 Å². The van der Waals surface area contributed by atoms with Crippen LogP contribution >= 0.6 is 0 Å². The quantitative estimate of drug-likeness (QED) is 0.244. The molecule has 188 valence electrons. The number of nitrogens with zero attached hydrogens (tertiary/aromatic N) is 4. The molecule has 1 saturated heterocycles. The molecule has 1 aliphatic heterocycles. The smallest absolute Gasteiger partial charge is 0.162 e. The Kier molecular flexibility index (Phi) is 6.44. The highest BCUT2D eigenvalue weighted by atomic mass is 16.5. The summed E-state index contributed by atoms with van der Waals surface area (Å²) >= 11 is 0. The van der Waals surface area contributed by atoms with Gasteiger partial charge in [-0.3, -0.25) is 4.79 Å². The van der Waals surface area contributed by atoms with Crippen LogP contribution in [0.3, 0.4) is 0 Å². The maximum absolute atomic E-state index is 11.6. The molecule has 0 bridgehead atoms. The van der Waals surface area contributed by atoms with E-state index in [-0.39, 0.29) is 5.78 Å². The average Bonchev–Trinajstić information content (AvgIpc) is 2.98. The minimum absolute atomic E-state index is 0.0890. The van der Waals surface area contributed by atoms with Crippen molar-refractivity contribution in [2.45, 2.75) is 6.92 Å². The normalized spacial score (nSPS) is 13.5. The second kappa shape index (κ2) is 10.3. The highest BCUT2D eigenvalue weighted by molar-refractivity contribution is 5.94. The van der Waals surface area contributed by atoms with Crippen molar-refractivity contribution < 1.29 is 9.53 Å². The Balaban J connectivity index is 1.24. The van der Waals surface area contributed by atoms with Crippen LogP contribution in [0.2, 0.25) is 0 Å². The van der Waals surface area contributed by atoms with Crippen molar-refractivity contribution in [3.63, 3.8) is 0 Å². The number of hydrogen-bond donors (Lipinski definition) is 0. The van der Waals surface area contributed by atoms with Gasteiger partial charge >= 0.3 is 0 Å². The molecule has 0 unspecified atom stereocenters. The van der Waals surface area contributed by atoms with Crippen LogP contribution in [-0.4, -0.2) is 41.9 Å². The van der Waals surface area contributed by atoms with Crippen molar-refractivity contribution in [2.24, 2.45) is 0 Å². The summed E-state index contributed by atoms with van der Waals surface area (Å²) < 4.78 is 5.95. The van der Waals surface area contributed by atoms with E-state index in [1.165, 1.54) is 0 Å². The number of benzene rings is 4. The number of ether oxygens (including phenoxy) is 1. The zero-order chi connectivity index (χ0) is 25.9. The van der Waals surface area contributed by atoms with E-state index >= 15 is 0 Å². The van der Waals surface area contributed by atoms with E-state index in [1.54, 1.807) is 6.92 Å². The number of rotatable bonds is 6. The molecule has 38 heavy (non-hydrogen) atoms. The Bertz CT molecular complexity index is 1560. The van der Waals surface area contributed by atoms with Gasteiger partial charge in [0.15, 0.2) is 11.6 Å². The second-order valence-corrected chi connectivity index (χ2v) is 9.40. The van der Waals surface area contributed by atoms with Crippen molar-refractivity contribution in [3.8, 4) is 22.9 Å². The molecule has 5 aromatic rings. The van der Waals surface area contributed by atoms with E-state index in [0.717, 1.165) is 71.2 Å². The first-order valence-corrected chi connectivity index (χ1v) is 12.8. The van der Waals surface area contributed by atoms with Crippen molar-refractivity contribution in [1.29, 1.82) is 0 Å². The molecule has 0 amide bonds. The lowest BCUT2D eigenvalue weighted by molar-refractivity contribution is 0.101. The number of carbonyl (C=O) groups excluding carboxylic acids is 1. The lowest BCUT2D eigenvalue weighted by Crippen LogP contribution is -2.47. The molecule has 0 N–H and O–H groups in total. The van der Waals surface area contributed by atoms with Gasteiger partial charge in [0.05, 0.1) is 5.52 Å². The van der Waals surface area contributed by atoms with Crippen LogP contribution in [0.1, 0.15) is 17.3 Å². The Labute approximate surface area is 222 Å². The number of anilines is 2. The van der Waals surface area contributed by atoms with Gasteiger partial charge in [-0.15, -0.1) is 0 Å². The van der Waals surface area contributed by atoms with E-state index < -0.39 is 0 Å². The Hall–Kier alpha value is -4.71. The van der Waals surface area contributed by atoms with Crippen LogP contribution < -0.4 is 14.5 Å². The van der Waals surface area contributed by atoms with Crippen LogP contribution in [0.5, 0.6) is 11.5 Å². The maximum Gasteiger partial charge on any atom is 0.162 e. The number of fused-ring (bicyclic) bond motifs is 1. The van der Waals surface area contributed by atoms with Crippen molar-refractivity contribution in [2.75, 3.05) is 36.0 Å². The molecule has 6 heteroatoms. The number of piperazine rings is 1. The predicted molar refractivity (Wildman–Crippen MR) is 152 cm³/mol. The van der Waals surface area contributed by atoms with E-state index in [0.29, 0.717) is 5.82 Å². The topological polar surface area (TPSA) is 58.6 Å². The third-order valence-electron chi connectivity index (χ3n) is 6.89. The molecule has 6 nitrogen and oxygen atoms in total. The molecule has 1 aliphatic rings. The van der Waals surface area contributed by atoms with Crippen LogP contribution in [-0.2, 0) is 0 Å². The van der Waals surface area contributed by atoms with Gasteiger partial charge in [0, 0.05) is 48.4 Å². The summed E-state index contributed by atoms with van der Waals surface area (Å²) in [7, 11) is 0. The van der Waals surface area contributed by atoms with Gasteiger partial charge in [-0.1, -0.05) is 30.3 Å². The summed E-state index contributed by atoms with van der Waals surface area (Å²) in [5.41, 5.74) is 3.76. The van der Waals surface area contributed by atoms with Crippen molar-refractivity contribution in [1.82, 2.24) is 9.97 Å². The number of ketones is 1. The minimum atomic E-state index is 0.0890. The molecular formula is C32H28N4O2. The summed E-state index contributed by atoms with van der Waals surface area (Å²) in [6.07, 6.45) is 0. The number of para-hydroxylation sites is 2. The number of carbonyl (C=O) groups is 1. The third-order valence-corrected chi connectivity index (χ3v) is 6.89. The van der Waals surface area contributed by atoms with Crippen molar-refractivity contribution in [3.05, 3.63) is 109 Å². The highest BCUT2D eigenvalue weighted by Crippen LogP contribution is 2.30. The monoisotopic (exact) mass is 500 g/mol. The highest BCUT2D eigenvalue weighted by Gasteiger charge is 2.21. The fourth-order valence-electron chi connectivity index (χ4n) is 4.81. The Morgan fingerprint density at radius 2 is 1.32 bits per heavy atom. The van der Waals surface area contributed by atoms with E-state index in [1.807, 2.05) is 97.1 Å². The first kappa shape index (κ1) is 23.7. The van der Waals surface area contributed by atoms with Gasteiger partial charge in [-0.2, -0.15) is 0 Å². The lowest BCUT2D eigenvalue weighted by atomic mass is 10.1. The van der Waals surface area contributed by atoms with Gasteiger partial charge in [0.25, 0.3) is 0 Å².